The minimum atomic E-state index is -0.267. The van der Waals surface area contributed by atoms with Gasteiger partial charge in [0.25, 0.3) is 5.91 Å². The maximum absolute atomic E-state index is 12.3. The van der Waals surface area contributed by atoms with E-state index in [4.69, 9.17) is 4.74 Å². The molecule has 0 radical (unpaired) electrons. The molecule has 0 saturated heterocycles. The number of hydrogen-bond acceptors (Lipinski definition) is 6. The number of rotatable bonds is 7. The van der Waals surface area contributed by atoms with E-state index in [1.165, 1.54) is 12.5 Å². The molecule has 2 aromatic rings. The van der Waals surface area contributed by atoms with E-state index < -0.39 is 0 Å². The minimum absolute atomic E-state index is 0.225. The van der Waals surface area contributed by atoms with Gasteiger partial charge in [0.1, 0.15) is 12.7 Å². The number of aryl methyl sites for hydroxylation is 2. The van der Waals surface area contributed by atoms with E-state index in [1.54, 1.807) is 20.4 Å². The Hall–Kier alpha value is -2.35. The highest BCUT2D eigenvalue weighted by atomic mass is 16.5. The molecule has 22 heavy (non-hydrogen) atoms. The van der Waals surface area contributed by atoms with Gasteiger partial charge in [-0.25, -0.2) is 9.97 Å². The number of hydrogen-bond donors (Lipinski definition) is 1. The number of nitrogens with zero attached hydrogens (tertiary/aromatic N) is 5. The largest absolute Gasteiger partial charge is 0.385 e. The second kappa shape index (κ2) is 7.60. The van der Waals surface area contributed by atoms with Gasteiger partial charge in [0.15, 0.2) is 5.82 Å². The standard InChI is InChI=1S/C14H20N6O2/c1-10-12(7-15-8-16-10)14(21)18-11(2)13-19-17-9-20(13)5-4-6-22-3/h7-9,11H,4-6H2,1-3H3,(H,18,21)/t11-/m1/s1. The average molecular weight is 304 g/mol. The van der Waals surface area contributed by atoms with Crippen molar-refractivity contribution in [3.8, 4) is 0 Å². The van der Waals surface area contributed by atoms with Crippen molar-refractivity contribution in [3.63, 3.8) is 0 Å². The lowest BCUT2D eigenvalue weighted by Gasteiger charge is -2.15. The number of carbonyl (C=O) groups excluding carboxylic acids is 1. The van der Waals surface area contributed by atoms with Gasteiger partial charge < -0.3 is 14.6 Å². The fraction of sp³-hybridized carbons (Fsp3) is 0.500. The van der Waals surface area contributed by atoms with Crippen LogP contribution >= 0.6 is 0 Å². The third-order valence-electron chi connectivity index (χ3n) is 3.28. The molecule has 8 nitrogen and oxygen atoms in total. The van der Waals surface area contributed by atoms with Crippen LogP contribution < -0.4 is 5.32 Å². The van der Waals surface area contributed by atoms with Gasteiger partial charge >= 0.3 is 0 Å². The highest BCUT2D eigenvalue weighted by Crippen LogP contribution is 2.11. The first-order valence-corrected chi connectivity index (χ1v) is 7.07. The second-order valence-electron chi connectivity index (χ2n) is 4.95. The van der Waals surface area contributed by atoms with E-state index in [1.807, 2.05) is 11.5 Å². The molecule has 0 aliphatic carbocycles. The van der Waals surface area contributed by atoms with Crippen molar-refractivity contribution >= 4 is 5.91 Å². The zero-order valence-electron chi connectivity index (χ0n) is 13.0. The first kappa shape index (κ1) is 16.0. The van der Waals surface area contributed by atoms with Gasteiger partial charge in [0.2, 0.25) is 0 Å². The molecule has 0 unspecified atom stereocenters. The van der Waals surface area contributed by atoms with Crippen LogP contribution in [0.25, 0.3) is 0 Å². The zero-order chi connectivity index (χ0) is 15.9. The Bertz CT molecular complexity index is 627. The molecule has 0 spiro atoms. The Balaban J connectivity index is 2.03. The summed E-state index contributed by atoms with van der Waals surface area (Å²) in [5.74, 6) is 0.482. The maximum atomic E-state index is 12.3. The maximum Gasteiger partial charge on any atom is 0.255 e. The van der Waals surface area contributed by atoms with Crippen molar-refractivity contribution in [3.05, 3.63) is 35.9 Å². The van der Waals surface area contributed by atoms with Crippen LogP contribution in [0.2, 0.25) is 0 Å². The van der Waals surface area contributed by atoms with Crippen molar-refractivity contribution < 1.29 is 9.53 Å². The molecular formula is C14H20N6O2. The first-order chi connectivity index (χ1) is 10.6. The van der Waals surface area contributed by atoms with E-state index in [-0.39, 0.29) is 11.9 Å². The van der Waals surface area contributed by atoms with E-state index in [2.05, 4.69) is 25.5 Å². The van der Waals surface area contributed by atoms with Crippen molar-refractivity contribution in [1.29, 1.82) is 0 Å². The predicted octanol–water partition coefficient (Wildman–Crippen LogP) is 0.904. The summed E-state index contributed by atoms with van der Waals surface area (Å²) >= 11 is 0. The van der Waals surface area contributed by atoms with Crippen LogP contribution in [0.3, 0.4) is 0 Å². The molecule has 0 bridgehead atoms. The average Bonchev–Trinajstić information content (AvgIpc) is 2.96. The van der Waals surface area contributed by atoms with Gasteiger partial charge in [0.05, 0.1) is 17.3 Å². The molecule has 0 saturated carbocycles. The van der Waals surface area contributed by atoms with Crippen LogP contribution in [0, 0.1) is 6.92 Å². The van der Waals surface area contributed by atoms with Crippen molar-refractivity contribution in [2.45, 2.75) is 32.9 Å². The monoisotopic (exact) mass is 304 g/mol. The fourth-order valence-corrected chi connectivity index (χ4v) is 2.10. The van der Waals surface area contributed by atoms with Gasteiger partial charge in [-0.15, -0.1) is 10.2 Å². The first-order valence-electron chi connectivity index (χ1n) is 7.07. The van der Waals surface area contributed by atoms with Gasteiger partial charge in [-0.3, -0.25) is 4.79 Å². The quantitative estimate of drug-likeness (QED) is 0.764. The van der Waals surface area contributed by atoms with Crippen LogP contribution in [0.15, 0.2) is 18.9 Å². The number of nitrogens with one attached hydrogen (secondary N) is 1. The van der Waals surface area contributed by atoms with E-state index >= 15 is 0 Å². The number of amides is 1. The molecule has 2 aromatic heterocycles. The third kappa shape index (κ3) is 3.85. The van der Waals surface area contributed by atoms with Gasteiger partial charge in [0, 0.05) is 26.5 Å². The molecule has 0 aromatic carbocycles. The normalized spacial score (nSPS) is 12.1. The summed E-state index contributed by atoms with van der Waals surface area (Å²) in [5.41, 5.74) is 1.10. The van der Waals surface area contributed by atoms with E-state index in [0.29, 0.717) is 23.7 Å². The Labute approximate surface area is 128 Å². The number of methoxy groups -OCH3 is 1. The van der Waals surface area contributed by atoms with Gasteiger partial charge in [-0.05, 0) is 20.3 Å². The Morgan fingerprint density at radius 3 is 3.05 bits per heavy atom. The van der Waals surface area contributed by atoms with E-state index in [0.717, 1.165) is 13.0 Å². The molecule has 1 atom stereocenters. The van der Waals surface area contributed by atoms with Crippen LogP contribution in [0.4, 0.5) is 0 Å². The van der Waals surface area contributed by atoms with Crippen LogP contribution in [-0.2, 0) is 11.3 Å². The molecule has 118 valence electrons. The lowest BCUT2D eigenvalue weighted by atomic mass is 10.2. The SMILES string of the molecule is COCCCn1cnnc1[C@@H](C)NC(=O)c1cncnc1C. The molecule has 2 heterocycles. The molecule has 0 aliphatic heterocycles. The molecule has 2 rings (SSSR count). The molecule has 1 amide bonds. The zero-order valence-corrected chi connectivity index (χ0v) is 13.0. The summed E-state index contributed by atoms with van der Waals surface area (Å²) in [6, 6.07) is -0.267. The van der Waals surface area contributed by atoms with Crippen molar-refractivity contribution in [1.82, 2.24) is 30.0 Å². The minimum Gasteiger partial charge on any atom is -0.385 e. The molecular weight excluding hydrogens is 284 g/mol. The summed E-state index contributed by atoms with van der Waals surface area (Å²) in [6.45, 7) is 5.05. The Morgan fingerprint density at radius 1 is 1.50 bits per heavy atom. The molecule has 0 aliphatic rings. The second-order valence-corrected chi connectivity index (χ2v) is 4.95. The number of aromatic nitrogens is 5. The van der Waals surface area contributed by atoms with E-state index in [9.17, 15) is 4.79 Å². The summed E-state index contributed by atoms with van der Waals surface area (Å²) in [7, 11) is 1.67. The Morgan fingerprint density at radius 2 is 2.32 bits per heavy atom. The lowest BCUT2D eigenvalue weighted by molar-refractivity contribution is 0.0936. The number of carbonyl (C=O) groups is 1. The fourth-order valence-electron chi connectivity index (χ4n) is 2.10. The predicted molar refractivity (Wildman–Crippen MR) is 79.2 cm³/mol. The van der Waals surface area contributed by atoms with Gasteiger partial charge in [-0.1, -0.05) is 0 Å². The Kier molecular flexibility index (Phi) is 5.54. The highest BCUT2D eigenvalue weighted by Gasteiger charge is 2.18. The lowest BCUT2D eigenvalue weighted by Crippen LogP contribution is -2.29. The van der Waals surface area contributed by atoms with Crippen LogP contribution in [-0.4, -0.2) is 44.4 Å². The molecule has 8 heteroatoms. The van der Waals surface area contributed by atoms with Crippen LogP contribution in [0.5, 0.6) is 0 Å². The smallest absolute Gasteiger partial charge is 0.255 e. The topological polar surface area (TPSA) is 94.8 Å². The van der Waals surface area contributed by atoms with Crippen LogP contribution in [0.1, 0.15) is 41.3 Å². The number of ether oxygens (including phenoxy) is 1. The molecule has 1 N–H and O–H groups in total. The summed E-state index contributed by atoms with van der Waals surface area (Å²) in [5, 5.41) is 10.9. The summed E-state index contributed by atoms with van der Waals surface area (Å²) in [4.78, 5) is 20.2. The summed E-state index contributed by atoms with van der Waals surface area (Å²) in [6.07, 6.45) is 5.44. The summed E-state index contributed by atoms with van der Waals surface area (Å²) < 4.78 is 6.95. The van der Waals surface area contributed by atoms with Gasteiger partial charge in [-0.2, -0.15) is 0 Å². The third-order valence-corrected chi connectivity index (χ3v) is 3.28. The van der Waals surface area contributed by atoms with Crippen molar-refractivity contribution in [2.75, 3.05) is 13.7 Å². The highest BCUT2D eigenvalue weighted by molar-refractivity contribution is 5.95. The molecule has 0 fully saturated rings. The van der Waals surface area contributed by atoms with Crippen molar-refractivity contribution in [2.24, 2.45) is 0 Å².